The topological polar surface area (TPSA) is 43.8 Å². The maximum Gasteiger partial charge on any atom is 0.126 e. The smallest absolute Gasteiger partial charge is 0.126 e. The molecule has 0 spiro atoms. The molecule has 1 heterocycles. The first-order valence-corrected chi connectivity index (χ1v) is 6.78. The number of rotatable bonds is 5. The summed E-state index contributed by atoms with van der Waals surface area (Å²) in [6, 6.07) is 0. The van der Waals surface area contributed by atoms with Crippen LogP contribution in [0.2, 0.25) is 0 Å². The van der Waals surface area contributed by atoms with E-state index in [4.69, 9.17) is 5.73 Å². The number of nitrogens with zero attached hydrogens (tertiary/aromatic N) is 2. The summed E-state index contributed by atoms with van der Waals surface area (Å²) < 4.78 is 2.07. The van der Waals surface area contributed by atoms with Crippen molar-refractivity contribution in [3.8, 4) is 0 Å². The average molecular weight is 225 g/mol. The van der Waals surface area contributed by atoms with Crippen LogP contribution >= 0.6 is 11.8 Å². The van der Waals surface area contributed by atoms with Crippen LogP contribution < -0.4 is 5.73 Å². The fourth-order valence-corrected chi connectivity index (χ4v) is 2.42. The molecule has 0 saturated heterocycles. The molecule has 0 bridgehead atoms. The number of anilines is 1. The van der Waals surface area contributed by atoms with Gasteiger partial charge in [-0.2, -0.15) is 11.8 Å². The van der Waals surface area contributed by atoms with Crippen LogP contribution in [0.1, 0.15) is 37.2 Å². The summed E-state index contributed by atoms with van der Waals surface area (Å²) in [6.07, 6.45) is 3.58. The Balaban J connectivity index is 2.06. The summed E-state index contributed by atoms with van der Waals surface area (Å²) in [5, 5.41) is 0. The number of aryl methyl sites for hydroxylation is 1. The van der Waals surface area contributed by atoms with Crippen LogP contribution in [0.4, 0.5) is 5.82 Å². The van der Waals surface area contributed by atoms with Crippen molar-refractivity contribution in [2.24, 2.45) is 7.05 Å². The van der Waals surface area contributed by atoms with Gasteiger partial charge in [0.25, 0.3) is 0 Å². The zero-order valence-electron chi connectivity index (χ0n) is 9.49. The SMILES string of the molecule is CCSCCc1nc(C2CC2)n(C)c1N. The second kappa shape index (κ2) is 4.47. The van der Waals surface area contributed by atoms with Crippen molar-refractivity contribution in [1.29, 1.82) is 0 Å². The lowest BCUT2D eigenvalue weighted by molar-refractivity contribution is 0.806. The first kappa shape index (κ1) is 10.9. The van der Waals surface area contributed by atoms with E-state index in [2.05, 4.69) is 16.5 Å². The largest absolute Gasteiger partial charge is 0.384 e. The van der Waals surface area contributed by atoms with Gasteiger partial charge in [-0.05, 0) is 24.3 Å². The molecular weight excluding hydrogens is 206 g/mol. The zero-order chi connectivity index (χ0) is 10.8. The van der Waals surface area contributed by atoms with E-state index in [-0.39, 0.29) is 0 Å². The fraction of sp³-hybridized carbons (Fsp3) is 0.727. The van der Waals surface area contributed by atoms with E-state index in [1.165, 1.54) is 24.4 Å². The standard InChI is InChI=1S/C11H19N3S/c1-3-15-7-6-9-10(12)14(2)11(13-9)8-4-5-8/h8H,3-7,12H2,1-2H3. The Morgan fingerprint density at radius 2 is 2.27 bits per heavy atom. The van der Waals surface area contributed by atoms with E-state index in [0.29, 0.717) is 5.92 Å². The highest BCUT2D eigenvalue weighted by atomic mass is 32.2. The van der Waals surface area contributed by atoms with Crippen LogP contribution in [0.5, 0.6) is 0 Å². The summed E-state index contributed by atoms with van der Waals surface area (Å²) in [5.41, 5.74) is 7.14. The molecule has 4 heteroatoms. The lowest BCUT2D eigenvalue weighted by Gasteiger charge is -2.00. The van der Waals surface area contributed by atoms with Crippen molar-refractivity contribution < 1.29 is 0 Å². The van der Waals surface area contributed by atoms with Crippen molar-refractivity contribution in [2.75, 3.05) is 17.2 Å². The van der Waals surface area contributed by atoms with E-state index < -0.39 is 0 Å². The Morgan fingerprint density at radius 1 is 1.53 bits per heavy atom. The summed E-state index contributed by atoms with van der Waals surface area (Å²) >= 11 is 1.95. The van der Waals surface area contributed by atoms with E-state index in [9.17, 15) is 0 Å². The second-order valence-corrected chi connectivity index (χ2v) is 5.48. The zero-order valence-corrected chi connectivity index (χ0v) is 10.3. The molecule has 0 amide bonds. The highest BCUT2D eigenvalue weighted by molar-refractivity contribution is 7.99. The summed E-state index contributed by atoms with van der Waals surface area (Å²) in [6.45, 7) is 2.18. The van der Waals surface area contributed by atoms with Gasteiger partial charge in [-0.1, -0.05) is 6.92 Å². The first-order chi connectivity index (χ1) is 7.24. The van der Waals surface area contributed by atoms with Gasteiger partial charge in [0.15, 0.2) is 0 Å². The van der Waals surface area contributed by atoms with Crippen LogP contribution in [-0.2, 0) is 13.5 Å². The lowest BCUT2D eigenvalue weighted by Crippen LogP contribution is -2.01. The highest BCUT2D eigenvalue weighted by Crippen LogP contribution is 2.40. The molecule has 84 valence electrons. The Labute approximate surface area is 95.4 Å². The van der Waals surface area contributed by atoms with E-state index in [1.54, 1.807) is 0 Å². The Kier molecular flexibility index (Phi) is 3.24. The second-order valence-electron chi connectivity index (χ2n) is 4.08. The molecule has 0 aromatic carbocycles. The van der Waals surface area contributed by atoms with Crippen molar-refractivity contribution in [3.05, 3.63) is 11.5 Å². The number of imidazole rings is 1. The first-order valence-electron chi connectivity index (χ1n) is 5.62. The molecular formula is C11H19N3S. The molecule has 1 aliphatic rings. The van der Waals surface area contributed by atoms with E-state index >= 15 is 0 Å². The van der Waals surface area contributed by atoms with Gasteiger partial charge in [0.2, 0.25) is 0 Å². The third-order valence-electron chi connectivity index (χ3n) is 2.88. The number of nitrogens with two attached hydrogens (primary N) is 1. The summed E-state index contributed by atoms with van der Waals surface area (Å²) in [7, 11) is 2.03. The molecule has 0 atom stereocenters. The number of hydrogen-bond acceptors (Lipinski definition) is 3. The minimum Gasteiger partial charge on any atom is -0.384 e. The predicted molar refractivity (Wildman–Crippen MR) is 66.3 cm³/mol. The van der Waals surface area contributed by atoms with Gasteiger partial charge in [0, 0.05) is 19.4 Å². The highest BCUT2D eigenvalue weighted by Gasteiger charge is 2.29. The number of nitrogen functional groups attached to an aromatic ring is 1. The minimum absolute atomic E-state index is 0.685. The van der Waals surface area contributed by atoms with Gasteiger partial charge >= 0.3 is 0 Å². The molecule has 1 aliphatic carbocycles. The van der Waals surface area contributed by atoms with Gasteiger partial charge in [-0.25, -0.2) is 4.98 Å². The number of thioether (sulfide) groups is 1. The summed E-state index contributed by atoms with van der Waals surface area (Å²) in [5.74, 6) is 5.05. The Bertz CT molecular complexity index is 342. The van der Waals surface area contributed by atoms with Crippen LogP contribution in [0.15, 0.2) is 0 Å². The number of aromatic nitrogens is 2. The third kappa shape index (κ3) is 2.30. The van der Waals surface area contributed by atoms with Crippen molar-refractivity contribution >= 4 is 17.6 Å². The van der Waals surface area contributed by atoms with Gasteiger partial charge in [0.05, 0.1) is 5.69 Å². The Hall–Kier alpha value is -0.640. The minimum atomic E-state index is 0.685. The van der Waals surface area contributed by atoms with Crippen LogP contribution in [0.25, 0.3) is 0 Å². The predicted octanol–water partition coefficient (Wildman–Crippen LogP) is 2.18. The maximum atomic E-state index is 6.04. The van der Waals surface area contributed by atoms with E-state index in [0.717, 1.165) is 23.7 Å². The molecule has 0 aliphatic heterocycles. The van der Waals surface area contributed by atoms with Gasteiger partial charge in [0.1, 0.15) is 11.6 Å². The normalized spacial score (nSPS) is 15.9. The molecule has 1 fully saturated rings. The van der Waals surface area contributed by atoms with Gasteiger partial charge < -0.3 is 10.3 Å². The molecule has 1 aromatic heterocycles. The van der Waals surface area contributed by atoms with E-state index in [1.807, 2.05) is 18.8 Å². The van der Waals surface area contributed by atoms with Crippen LogP contribution in [-0.4, -0.2) is 21.1 Å². The maximum absolute atomic E-state index is 6.04. The van der Waals surface area contributed by atoms with Crippen molar-refractivity contribution in [1.82, 2.24) is 9.55 Å². The molecule has 0 unspecified atom stereocenters. The van der Waals surface area contributed by atoms with Gasteiger partial charge in [-0.15, -0.1) is 0 Å². The molecule has 1 saturated carbocycles. The molecule has 2 N–H and O–H groups in total. The van der Waals surface area contributed by atoms with Gasteiger partial charge in [-0.3, -0.25) is 0 Å². The van der Waals surface area contributed by atoms with Crippen molar-refractivity contribution in [3.63, 3.8) is 0 Å². The quantitative estimate of drug-likeness (QED) is 0.781. The summed E-state index contributed by atoms with van der Waals surface area (Å²) in [4.78, 5) is 4.67. The monoisotopic (exact) mass is 225 g/mol. The number of hydrogen-bond donors (Lipinski definition) is 1. The molecule has 2 rings (SSSR count). The lowest BCUT2D eigenvalue weighted by atomic mass is 10.3. The molecule has 1 aromatic rings. The molecule has 15 heavy (non-hydrogen) atoms. The fourth-order valence-electron chi connectivity index (χ4n) is 1.79. The van der Waals surface area contributed by atoms with Crippen molar-refractivity contribution in [2.45, 2.75) is 32.1 Å². The van der Waals surface area contributed by atoms with Crippen LogP contribution in [0, 0.1) is 0 Å². The Morgan fingerprint density at radius 3 is 2.87 bits per heavy atom. The third-order valence-corrected chi connectivity index (χ3v) is 3.78. The molecule has 3 nitrogen and oxygen atoms in total. The average Bonchev–Trinajstić information content (AvgIpc) is 3.01. The molecule has 0 radical (unpaired) electrons. The van der Waals surface area contributed by atoms with Crippen LogP contribution in [0.3, 0.4) is 0 Å².